The van der Waals surface area contributed by atoms with Crippen molar-refractivity contribution >= 4 is 11.9 Å². The second kappa shape index (κ2) is 7.74. The van der Waals surface area contributed by atoms with Gasteiger partial charge in [0.2, 0.25) is 0 Å². The van der Waals surface area contributed by atoms with Crippen molar-refractivity contribution in [2.24, 2.45) is 11.8 Å². The molecule has 3 aliphatic rings. The Labute approximate surface area is 166 Å². The van der Waals surface area contributed by atoms with Gasteiger partial charge in [0.15, 0.2) is 0 Å². The molecule has 2 aliphatic heterocycles. The van der Waals surface area contributed by atoms with Crippen LogP contribution in [0, 0.1) is 18.8 Å². The molecule has 0 radical (unpaired) electrons. The summed E-state index contributed by atoms with van der Waals surface area (Å²) in [5, 5.41) is 3.03. The number of hydrogen-bond acceptors (Lipinski definition) is 4. The summed E-state index contributed by atoms with van der Waals surface area (Å²) in [7, 11) is 0. The molecular formula is C22H30N2O4. The van der Waals surface area contributed by atoms with E-state index in [0.29, 0.717) is 12.5 Å². The number of urea groups is 1. The first-order chi connectivity index (χ1) is 13.5. The molecule has 2 saturated heterocycles. The van der Waals surface area contributed by atoms with Crippen LogP contribution in [0.5, 0.6) is 5.75 Å². The van der Waals surface area contributed by atoms with Crippen LogP contribution in [0.15, 0.2) is 18.2 Å². The number of imide groups is 1. The number of ether oxygens (including phenoxy) is 2. The third-order valence-corrected chi connectivity index (χ3v) is 6.55. The number of benzene rings is 1. The zero-order valence-corrected chi connectivity index (χ0v) is 16.8. The van der Waals surface area contributed by atoms with Crippen molar-refractivity contribution in [3.8, 4) is 5.75 Å². The molecular weight excluding hydrogens is 356 g/mol. The lowest BCUT2D eigenvalue weighted by atomic mass is 9.73. The Bertz CT molecular complexity index is 759. The SMILES string of the molecule is Cc1ccc(CN2C(=O)N[C@]3(CCCC[C@H]3C)C2=O)c(OC[C@H]2CCOC2)c1. The third kappa shape index (κ3) is 3.50. The van der Waals surface area contributed by atoms with E-state index < -0.39 is 5.54 Å². The molecule has 1 spiro atoms. The topological polar surface area (TPSA) is 67.9 Å². The summed E-state index contributed by atoms with van der Waals surface area (Å²) in [5.41, 5.74) is 1.24. The maximum Gasteiger partial charge on any atom is 0.325 e. The monoisotopic (exact) mass is 386 g/mol. The number of amides is 3. The minimum atomic E-state index is -0.720. The van der Waals surface area contributed by atoms with E-state index in [1.54, 1.807) is 0 Å². The van der Waals surface area contributed by atoms with Gasteiger partial charge in [-0.15, -0.1) is 0 Å². The van der Waals surface area contributed by atoms with Crippen LogP contribution in [-0.4, -0.2) is 42.2 Å². The average molecular weight is 386 g/mol. The smallest absolute Gasteiger partial charge is 0.325 e. The Morgan fingerprint density at radius 3 is 2.89 bits per heavy atom. The van der Waals surface area contributed by atoms with Gasteiger partial charge < -0.3 is 14.8 Å². The number of carbonyl (C=O) groups excluding carboxylic acids is 2. The van der Waals surface area contributed by atoms with E-state index in [-0.39, 0.29) is 24.4 Å². The zero-order valence-electron chi connectivity index (χ0n) is 16.8. The second-order valence-corrected chi connectivity index (χ2v) is 8.59. The summed E-state index contributed by atoms with van der Waals surface area (Å²) in [4.78, 5) is 27.3. The van der Waals surface area contributed by atoms with Gasteiger partial charge in [-0.3, -0.25) is 9.69 Å². The molecule has 1 aromatic rings. The quantitative estimate of drug-likeness (QED) is 0.788. The first kappa shape index (κ1) is 19.2. The Kier molecular flexibility index (Phi) is 5.32. The molecule has 28 heavy (non-hydrogen) atoms. The minimum absolute atomic E-state index is 0.0829. The molecule has 3 atom stereocenters. The lowest BCUT2D eigenvalue weighted by molar-refractivity contribution is -0.134. The molecule has 1 aromatic carbocycles. The van der Waals surface area contributed by atoms with E-state index in [0.717, 1.165) is 62.2 Å². The standard InChI is InChI=1S/C22H30N2O4/c1-15-6-7-18(19(11-15)28-14-17-8-10-27-13-17)12-24-20(25)22(23-21(24)26)9-4-3-5-16(22)2/h6-7,11,16-17H,3-5,8-10,12-14H2,1-2H3,(H,23,26)/t16-,17+,22+/m1/s1. The van der Waals surface area contributed by atoms with Crippen LogP contribution in [0.3, 0.4) is 0 Å². The van der Waals surface area contributed by atoms with E-state index in [9.17, 15) is 9.59 Å². The lowest BCUT2D eigenvalue weighted by Crippen LogP contribution is -2.53. The Morgan fingerprint density at radius 2 is 2.14 bits per heavy atom. The van der Waals surface area contributed by atoms with Crippen LogP contribution in [0.2, 0.25) is 0 Å². The highest BCUT2D eigenvalue weighted by Gasteiger charge is 2.54. The highest BCUT2D eigenvalue weighted by atomic mass is 16.5. The van der Waals surface area contributed by atoms with Crippen molar-refractivity contribution in [3.05, 3.63) is 29.3 Å². The van der Waals surface area contributed by atoms with Gasteiger partial charge in [-0.1, -0.05) is 31.9 Å². The Balaban J connectivity index is 1.51. The highest BCUT2D eigenvalue weighted by Crippen LogP contribution is 2.39. The van der Waals surface area contributed by atoms with E-state index in [4.69, 9.17) is 9.47 Å². The molecule has 6 heteroatoms. The molecule has 1 aliphatic carbocycles. The number of hydrogen-bond donors (Lipinski definition) is 1. The molecule has 0 aromatic heterocycles. The largest absolute Gasteiger partial charge is 0.493 e. The predicted octanol–water partition coefficient (Wildman–Crippen LogP) is 3.41. The number of aryl methyl sites for hydroxylation is 1. The van der Waals surface area contributed by atoms with Gasteiger partial charge in [0.25, 0.3) is 5.91 Å². The summed E-state index contributed by atoms with van der Waals surface area (Å²) < 4.78 is 11.5. The third-order valence-electron chi connectivity index (χ3n) is 6.55. The normalized spacial score (nSPS) is 30.1. The average Bonchev–Trinajstić information content (AvgIpc) is 3.27. The molecule has 1 saturated carbocycles. The fraction of sp³-hybridized carbons (Fsp3) is 0.636. The van der Waals surface area contributed by atoms with Gasteiger partial charge in [0.05, 0.1) is 19.8 Å². The zero-order chi connectivity index (χ0) is 19.7. The van der Waals surface area contributed by atoms with Crippen LogP contribution >= 0.6 is 0 Å². The summed E-state index contributed by atoms with van der Waals surface area (Å²) in [5.74, 6) is 1.24. The van der Waals surface area contributed by atoms with Crippen molar-refractivity contribution in [2.75, 3.05) is 19.8 Å². The van der Waals surface area contributed by atoms with Crippen LogP contribution in [-0.2, 0) is 16.1 Å². The van der Waals surface area contributed by atoms with Gasteiger partial charge in [0, 0.05) is 18.1 Å². The molecule has 1 N–H and O–H groups in total. The second-order valence-electron chi connectivity index (χ2n) is 8.59. The van der Waals surface area contributed by atoms with Crippen LogP contribution in [0.4, 0.5) is 4.79 Å². The van der Waals surface area contributed by atoms with E-state index >= 15 is 0 Å². The van der Waals surface area contributed by atoms with Crippen molar-refractivity contribution in [3.63, 3.8) is 0 Å². The van der Waals surface area contributed by atoms with Crippen LogP contribution in [0.1, 0.15) is 50.2 Å². The molecule has 6 nitrogen and oxygen atoms in total. The molecule has 0 bridgehead atoms. The molecule has 3 amide bonds. The van der Waals surface area contributed by atoms with Gasteiger partial charge >= 0.3 is 6.03 Å². The van der Waals surface area contributed by atoms with E-state index in [2.05, 4.69) is 12.2 Å². The molecule has 152 valence electrons. The lowest BCUT2D eigenvalue weighted by Gasteiger charge is -2.36. The summed E-state index contributed by atoms with van der Waals surface area (Å²) >= 11 is 0. The van der Waals surface area contributed by atoms with Crippen LogP contribution < -0.4 is 10.1 Å². The number of nitrogens with one attached hydrogen (secondary N) is 1. The number of carbonyl (C=O) groups is 2. The molecule has 4 rings (SSSR count). The predicted molar refractivity (Wildman–Crippen MR) is 105 cm³/mol. The first-order valence-electron chi connectivity index (χ1n) is 10.4. The number of rotatable bonds is 5. The maximum absolute atomic E-state index is 13.2. The van der Waals surface area contributed by atoms with Crippen molar-refractivity contribution in [2.45, 2.75) is 58.0 Å². The molecule has 2 heterocycles. The summed E-state index contributed by atoms with van der Waals surface area (Å²) in [6.07, 6.45) is 4.81. The summed E-state index contributed by atoms with van der Waals surface area (Å²) in [6, 6.07) is 5.67. The van der Waals surface area contributed by atoms with Crippen molar-refractivity contribution < 1.29 is 19.1 Å². The van der Waals surface area contributed by atoms with Gasteiger partial charge in [0.1, 0.15) is 11.3 Å². The van der Waals surface area contributed by atoms with Crippen LogP contribution in [0.25, 0.3) is 0 Å². The fourth-order valence-corrected chi connectivity index (χ4v) is 4.66. The van der Waals surface area contributed by atoms with Gasteiger partial charge in [-0.25, -0.2) is 4.79 Å². The first-order valence-corrected chi connectivity index (χ1v) is 10.4. The van der Waals surface area contributed by atoms with Crippen molar-refractivity contribution in [1.82, 2.24) is 10.2 Å². The molecule has 3 fully saturated rings. The number of nitrogens with zero attached hydrogens (tertiary/aromatic N) is 1. The highest BCUT2D eigenvalue weighted by molar-refractivity contribution is 6.07. The minimum Gasteiger partial charge on any atom is -0.493 e. The Morgan fingerprint density at radius 1 is 1.29 bits per heavy atom. The fourth-order valence-electron chi connectivity index (χ4n) is 4.66. The Hall–Kier alpha value is -2.08. The maximum atomic E-state index is 13.2. The van der Waals surface area contributed by atoms with Gasteiger partial charge in [-0.2, -0.15) is 0 Å². The van der Waals surface area contributed by atoms with Gasteiger partial charge in [-0.05, 0) is 43.7 Å². The van der Waals surface area contributed by atoms with E-state index in [1.165, 1.54) is 4.90 Å². The summed E-state index contributed by atoms with van der Waals surface area (Å²) in [6.45, 7) is 6.45. The van der Waals surface area contributed by atoms with E-state index in [1.807, 2.05) is 25.1 Å². The van der Waals surface area contributed by atoms with Crippen molar-refractivity contribution in [1.29, 1.82) is 0 Å². The molecule has 0 unspecified atom stereocenters.